The molecular weight excluding hydrogens is 573 g/mol. The molecule has 4 aromatic rings. The number of benzene rings is 1. The summed E-state index contributed by atoms with van der Waals surface area (Å²) in [6.07, 6.45) is 1.40. The molecule has 3 aromatic heterocycles. The quantitative estimate of drug-likeness (QED) is 0.226. The summed E-state index contributed by atoms with van der Waals surface area (Å²) < 4.78 is 76.9. The third-order valence-corrected chi connectivity index (χ3v) is 6.54. The van der Waals surface area contributed by atoms with E-state index in [1.807, 2.05) is 0 Å². The molecule has 0 unspecified atom stereocenters. The number of halogens is 5. The number of nitrogens with zero attached hydrogens (tertiary/aromatic N) is 5. The predicted octanol–water partition coefficient (Wildman–Crippen LogP) is 5.42. The van der Waals surface area contributed by atoms with E-state index in [2.05, 4.69) is 37.1 Å². The number of nitrogen functional groups attached to an aromatic ring is 1. The summed E-state index contributed by atoms with van der Waals surface area (Å²) in [7, 11) is 0. The molecule has 1 amide bonds. The Labute approximate surface area is 242 Å². The second-order valence-electron chi connectivity index (χ2n) is 9.53. The molecule has 1 aliphatic heterocycles. The SMILES string of the molecule is Nc1nccc(Oc2ccc(NC(=O)c3cnn(-c4ncccc4F)c3C(F)(F)F)cc2F)c1C#CCN1CCCCC1. The van der Waals surface area contributed by atoms with E-state index in [-0.39, 0.29) is 33.2 Å². The molecule has 1 aliphatic rings. The Bertz CT molecular complexity index is 1710. The van der Waals surface area contributed by atoms with Gasteiger partial charge in [-0.25, -0.2) is 23.4 Å². The zero-order chi connectivity index (χ0) is 30.6. The van der Waals surface area contributed by atoms with Crippen LogP contribution in [0.15, 0.2) is 55.0 Å². The minimum atomic E-state index is -5.10. The van der Waals surface area contributed by atoms with Crippen LogP contribution < -0.4 is 15.8 Å². The van der Waals surface area contributed by atoms with Crippen LogP contribution in [0.1, 0.15) is 40.9 Å². The number of carbonyl (C=O) groups excluding carboxylic acids is 1. The maximum atomic E-state index is 15.0. The first kappa shape index (κ1) is 29.5. The summed E-state index contributed by atoms with van der Waals surface area (Å²) in [6.45, 7) is 2.44. The smallest absolute Gasteiger partial charge is 0.434 e. The molecule has 9 nitrogen and oxygen atoms in total. The Morgan fingerprint density at radius 3 is 2.53 bits per heavy atom. The van der Waals surface area contributed by atoms with Gasteiger partial charge in [0.1, 0.15) is 17.1 Å². The minimum absolute atomic E-state index is 0.0968. The number of alkyl halides is 3. The van der Waals surface area contributed by atoms with E-state index in [9.17, 15) is 22.4 Å². The zero-order valence-electron chi connectivity index (χ0n) is 22.5. The molecule has 0 radical (unpaired) electrons. The number of carbonyl (C=O) groups is 1. The highest BCUT2D eigenvalue weighted by Gasteiger charge is 2.41. The third-order valence-electron chi connectivity index (χ3n) is 6.54. The summed E-state index contributed by atoms with van der Waals surface area (Å²) in [4.78, 5) is 22.7. The number of piperidine rings is 1. The fourth-order valence-corrected chi connectivity index (χ4v) is 4.49. The van der Waals surface area contributed by atoms with Gasteiger partial charge in [0.05, 0.1) is 18.3 Å². The van der Waals surface area contributed by atoms with Crippen LogP contribution in [-0.4, -0.2) is 50.2 Å². The molecule has 43 heavy (non-hydrogen) atoms. The Balaban J connectivity index is 1.34. The molecule has 0 saturated carbocycles. The molecule has 1 fully saturated rings. The van der Waals surface area contributed by atoms with Crippen LogP contribution in [0.2, 0.25) is 0 Å². The summed E-state index contributed by atoms with van der Waals surface area (Å²) in [5.41, 5.74) is 3.63. The molecule has 14 heteroatoms. The third kappa shape index (κ3) is 6.73. The van der Waals surface area contributed by atoms with Crippen molar-refractivity contribution in [2.75, 3.05) is 30.7 Å². The molecule has 1 aromatic carbocycles. The molecule has 5 rings (SSSR count). The van der Waals surface area contributed by atoms with Gasteiger partial charge < -0.3 is 15.8 Å². The lowest BCUT2D eigenvalue weighted by Crippen LogP contribution is -2.29. The van der Waals surface area contributed by atoms with Gasteiger partial charge in [-0.1, -0.05) is 18.3 Å². The highest BCUT2D eigenvalue weighted by Crippen LogP contribution is 2.35. The number of ether oxygens (including phenoxy) is 1. The minimum Gasteiger partial charge on any atom is -0.453 e. The predicted molar refractivity (Wildman–Crippen MR) is 147 cm³/mol. The summed E-state index contributed by atoms with van der Waals surface area (Å²) in [6, 6.07) is 6.86. The fourth-order valence-electron chi connectivity index (χ4n) is 4.49. The molecule has 222 valence electrons. The van der Waals surface area contributed by atoms with Crippen molar-refractivity contribution in [2.24, 2.45) is 0 Å². The number of pyridine rings is 2. The Morgan fingerprint density at radius 2 is 1.81 bits per heavy atom. The van der Waals surface area contributed by atoms with Crippen LogP contribution in [0.3, 0.4) is 0 Å². The van der Waals surface area contributed by atoms with E-state index in [1.165, 1.54) is 36.9 Å². The van der Waals surface area contributed by atoms with Gasteiger partial charge in [-0.05, 0) is 50.2 Å². The number of anilines is 2. The van der Waals surface area contributed by atoms with Crippen LogP contribution in [0, 0.1) is 23.5 Å². The zero-order valence-corrected chi connectivity index (χ0v) is 22.5. The summed E-state index contributed by atoms with van der Waals surface area (Å²) in [5, 5.41) is 5.73. The van der Waals surface area contributed by atoms with Crippen molar-refractivity contribution >= 4 is 17.4 Å². The standard InChI is InChI=1S/C29H24F5N7O2/c30-21-7-4-11-37-27(21)41-25(29(32,33)34)20(17-38-41)28(42)39-18-8-9-24(22(31)16-18)43-23-10-12-36-26(35)19(23)6-5-15-40-13-2-1-3-14-40/h4,7-12,16-17H,1-3,13-15H2,(H2,35,36)(H,39,42). The molecule has 4 heterocycles. The van der Waals surface area contributed by atoms with Crippen molar-refractivity contribution in [1.82, 2.24) is 24.6 Å². The number of likely N-dealkylation sites (tertiary alicyclic amines) is 1. The van der Waals surface area contributed by atoms with Crippen LogP contribution in [-0.2, 0) is 6.18 Å². The number of rotatable bonds is 6. The topological polar surface area (TPSA) is 111 Å². The maximum absolute atomic E-state index is 15.0. The van der Waals surface area contributed by atoms with E-state index in [0.717, 1.165) is 44.3 Å². The van der Waals surface area contributed by atoms with Gasteiger partial charge in [0, 0.05) is 30.2 Å². The average Bonchev–Trinajstić information content (AvgIpc) is 3.43. The monoisotopic (exact) mass is 597 g/mol. The van der Waals surface area contributed by atoms with Crippen molar-refractivity contribution in [2.45, 2.75) is 25.4 Å². The largest absolute Gasteiger partial charge is 0.453 e. The van der Waals surface area contributed by atoms with Gasteiger partial charge >= 0.3 is 6.18 Å². The summed E-state index contributed by atoms with van der Waals surface area (Å²) >= 11 is 0. The maximum Gasteiger partial charge on any atom is 0.434 e. The Hall–Kier alpha value is -5.03. The van der Waals surface area contributed by atoms with Gasteiger partial charge in [-0.3, -0.25) is 9.69 Å². The second kappa shape index (κ2) is 12.5. The van der Waals surface area contributed by atoms with Gasteiger partial charge in [0.2, 0.25) is 0 Å². The Kier molecular flexibility index (Phi) is 8.53. The molecule has 3 N–H and O–H groups in total. The molecule has 1 saturated heterocycles. The Morgan fingerprint density at radius 1 is 1.02 bits per heavy atom. The fraction of sp³-hybridized carbons (Fsp3) is 0.241. The van der Waals surface area contributed by atoms with Crippen molar-refractivity contribution in [3.63, 3.8) is 0 Å². The van der Waals surface area contributed by atoms with Crippen molar-refractivity contribution in [3.8, 4) is 29.2 Å². The van der Waals surface area contributed by atoms with Gasteiger partial charge in [0.15, 0.2) is 28.9 Å². The lowest BCUT2D eigenvalue weighted by Gasteiger charge is -2.23. The first-order chi connectivity index (χ1) is 20.6. The molecule has 0 aliphatic carbocycles. The van der Waals surface area contributed by atoms with Gasteiger partial charge in [0.25, 0.3) is 5.91 Å². The van der Waals surface area contributed by atoms with Crippen LogP contribution >= 0.6 is 0 Å². The number of amides is 1. The molecule has 0 atom stereocenters. The number of aromatic nitrogens is 4. The summed E-state index contributed by atoms with van der Waals surface area (Å²) in [5.74, 6) is 2.00. The van der Waals surface area contributed by atoms with E-state index in [1.54, 1.807) is 0 Å². The van der Waals surface area contributed by atoms with E-state index < -0.39 is 40.8 Å². The van der Waals surface area contributed by atoms with Gasteiger partial charge in [-0.2, -0.15) is 18.3 Å². The van der Waals surface area contributed by atoms with Crippen molar-refractivity contribution < 1.29 is 31.5 Å². The van der Waals surface area contributed by atoms with Crippen LogP contribution in [0.4, 0.5) is 33.5 Å². The lowest BCUT2D eigenvalue weighted by atomic mass is 10.1. The highest BCUT2D eigenvalue weighted by molar-refractivity contribution is 6.05. The highest BCUT2D eigenvalue weighted by atomic mass is 19.4. The van der Waals surface area contributed by atoms with Crippen LogP contribution in [0.5, 0.6) is 11.5 Å². The number of hydrogen-bond donors (Lipinski definition) is 2. The molecule has 0 bridgehead atoms. The van der Waals surface area contributed by atoms with E-state index in [4.69, 9.17) is 10.5 Å². The van der Waals surface area contributed by atoms with Crippen molar-refractivity contribution in [3.05, 3.63) is 83.4 Å². The molecular formula is C29H24F5N7O2. The number of nitrogens with one attached hydrogen (secondary N) is 1. The van der Waals surface area contributed by atoms with Crippen LogP contribution in [0.25, 0.3) is 5.82 Å². The van der Waals surface area contributed by atoms with E-state index in [0.29, 0.717) is 12.7 Å². The second-order valence-corrected chi connectivity index (χ2v) is 9.53. The normalized spacial score (nSPS) is 13.7. The molecule has 0 spiro atoms. The first-order valence-electron chi connectivity index (χ1n) is 13.1. The number of hydrogen-bond acceptors (Lipinski definition) is 7. The van der Waals surface area contributed by atoms with Crippen molar-refractivity contribution in [1.29, 1.82) is 0 Å². The van der Waals surface area contributed by atoms with Gasteiger partial charge in [-0.15, -0.1) is 0 Å². The average molecular weight is 598 g/mol. The first-order valence-corrected chi connectivity index (χ1v) is 13.1. The van der Waals surface area contributed by atoms with E-state index >= 15 is 4.39 Å². The number of nitrogens with two attached hydrogens (primary N) is 1. The lowest BCUT2D eigenvalue weighted by molar-refractivity contribution is -0.143.